The average molecular weight is 219 g/mol. The van der Waals surface area contributed by atoms with E-state index < -0.39 is 0 Å². The van der Waals surface area contributed by atoms with Crippen LogP contribution in [-0.2, 0) is 16.4 Å². The van der Waals surface area contributed by atoms with E-state index in [1.165, 1.54) is 22.3 Å². The van der Waals surface area contributed by atoms with Crippen molar-refractivity contribution in [1.29, 1.82) is 0 Å². The second-order valence-electron chi connectivity index (χ2n) is 5.08. The minimum absolute atomic E-state index is 0.190. The Morgan fingerprint density at radius 2 is 1.80 bits per heavy atom. The normalized spacial score (nSPS) is 11.9. The number of hydrogen-bond donors (Lipinski definition) is 0. The highest BCUT2D eigenvalue weighted by molar-refractivity contribution is 5.97. The Morgan fingerprint density at radius 3 is 2.27 bits per heavy atom. The molecule has 1 nitrogen and oxygen atoms in total. The van der Waals surface area contributed by atoms with E-state index in [-0.39, 0.29) is 5.41 Å². The largest absolute Gasteiger partial charge is 0.414 e. The van der Waals surface area contributed by atoms with Gasteiger partial charge in [0.2, 0.25) is 10.5 Å². The molecule has 0 spiro atoms. The van der Waals surface area contributed by atoms with Crippen molar-refractivity contribution in [3.63, 3.8) is 0 Å². The van der Waals surface area contributed by atoms with Crippen LogP contribution < -0.4 is 0 Å². The van der Waals surface area contributed by atoms with Gasteiger partial charge in [0.05, 0.1) is 6.61 Å². The van der Waals surface area contributed by atoms with Crippen molar-refractivity contribution in [1.82, 2.24) is 0 Å². The van der Waals surface area contributed by atoms with Crippen LogP contribution >= 0.6 is 0 Å². The van der Waals surface area contributed by atoms with Gasteiger partial charge in [-0.25, -0.2) is 0 Å². The zero-order valence-electron chi connectivity index (χ0n) is 10.3. The molecule has 0 bridgehead atoms. The van der Waals surface area contributed by atoms with Crippen LogP contribution in [0.5, 0.6) is 0 Å². The standard InChI is InChI=1S/C13H19OSi/c1-9-6-7-11(8-14-15)10(2)12(9)13(3,4)5/h6-7H,8H2,1-5H3. The molecule has 0 aliphatic heterocycles. The summed E-state index contributed by atoms with van der Waals surface area (Å²) in [7, 11) is 3.06. The molecule has 2 heteroatoms. The molecule has 0 aliphatic carbocycles. The van der Waals surface area contributed by atoms with Gasteiger partial charge < -0.3 is 4.43 Å². The van der Waals surface area contributed by atoms with Crippen molar-refractivity contribution >= 4 is 10.5 Å². The molecule has 0 aliphatic rings. The zero-order valence-corrected chi connectivity index (χ0v) is 11.3. The molecule has 15 heavy (non-hydrogen) atoms. The minimum atomic E-state index is 0.190. The molecule has 0 N–H and O–H groups in total. The van der Waals surface area contributed by atoms with Gasteiger partial charge in [-0.05, 0) is 41.5 Å². The minimum Gasteiger partial charge on any atom is -0.414 e. The molecular formula is C13H19OSi. The summed E-state index contributed by atoms with van der Waals surface area (Å²) in [6.07, 6.45) is 0. The first kappa shape index (κ1) is 12.5. The molecular weight excluding hydrogens is 200 g/mol. The van der Waals surface area contributed by atoms with Gasteiger partial charge in [-0.15, -0.1) is 0 Å². The summed E-state index contributed by atoms with van der Waals surface area (Å²) in [5, 5.41) is 0. The van der Waals surface area contributed by atoms with Crippen molar-refractivity contribution < 1.29 is 4.43 Å². The number of rotatable bonds is 2. The maximum Gasteiger partial charge on any atom is 0.246 e. The van der Waals surface area contributed by atoms with Crippen LogP contribution in [0.25, 0.3) is 0 Å². The molecule has 1 rings (SSSR count). The first-order valence-electron chi connectivity index (χ1n) is 5.26. The van der Waals surface area contributed by atoms with Gasteiger partial charge >= 0.3 is 0 Å². The van der Waals surface area contributed by atoms with E-state index in [1.54, 1.807) is 0 Å². The lowest BCUT2D eigenvalue weighted by atomic mass is 9.80. The van der Waals surface area contributed by atoms with E-state index in [4.69, 9.17) is 4.43 Å². The Bertz CT molecular complexity index is 350. The number of aryl methyl sites for hydroxylation is 1. The van der Waals surface area contributed by atoms with Crippen LogP contribution in [0.2, 0.25) is 0 Å². The molecule has 0 fully saturated rings. The molecule has 81 valence electrons. The Hall–Kier alpha value is -0.603. The van der Waals surface area contributed by atoms with Crippen LogP contribution in [-0.4, -0.2) is 10.5 Å². The molecule has 3 radical (unpaired) electrons. The molecule has 1 aromatic rings. The second kappa shape index (κ2) is 4.50. The third-order valence-corrected chi connectivity index (χ3v) is 2.91. The van der Waals surface area contributed by atoms with Gasteiger partial charge in [-0.1, -0.05) is 32.9 Å². The highest BCUT2D eigenvalue weighted by Gasteiger charge is 2.19. The molecule has 0 aromatic heterocycles. The molecule has 0 saturated heterocycles. The van der Waals surface area contributed by atoms with Crippen molar-refractivity contribution in [3.8, 4) is 0 Å². The molecule has 0 heterocycles. The Morgan fingerprint density at radius 1 is 1.20 bits per heavy atom. The first-order chi connectivity index (χ1) is 6.88. The SMILES string of the molecule is Cc1ccc(CO[Si])c(C)c1C(C)(C)C. The summed E-state index contributed by atoms with van der Waals surface area (Å²) < 4.78 is 5.02. The fourth-order valence-electron chi connectivity index (χ4n) is 2.28. The van der Waals surface area contributed by atoms with Crippen molar-refractivity contribution in [3.05, 3.63) is 34.4 Å². The third kappa shape index (κ3) is 2.70. The second-order valence-corrected chi connectivity index (χ2v) is 5.37. The lowest BCUT2D eigenvalue weighted by molar-refractivity contribution is 0.337. The highest BCUT2D eigenvalue weighted by Crippen LogP contribution is 2.30. The van der Waals surface area contributed by atoms with E-state index in [1.807, 2.05) is 0 Å². The summed E-state index contributed by atoms with van der Waals surface area (Å²) in [4.78, 5) is 0. The van der Waals surface area contributed by atoms with Crippen LogP contribution in [0.4, 0.5) is 0 Å². The molecule has 1 aromatic carbocycles. The fraction of sp³-hybridized carbons (Fsp3) is 0.538. The van der Waals surface area contributed by atoms with E-state index in [0.717, 1.165) is 0 Å². The Balaban J connectivity index is 3.30. The highest BCUT2D eigenvalue weighted by atomic mass is 28.2. The van der Waals surface area contributed by atoms with E-state index in [0.29, 0.717) is 6.61 Å². The third-order valence-electron chi connectivity index (χ3n) is 2.76. The number of hydrogen-bond acceptors (Lipinski definition) is 1. The Labute approximate surface area is 96.4 Å². The van der Waals surface area contributed by atoms with E-state index in [9.17, 15) is 0 Å². The predicted octanol–water partition coefficient (Wildman–Crippen LogP) is 3.20. The maximum atomic E-state index is 5.02. The summed E-state index contributed by atoms with van der Waals surface area (Å²) in [6.45, 7) is 11.7. The molecule has 0 unspecified atom stereocenters. The van der Waals surface area contributed by atoms with Gasteiger partial charge in [-0.2, -0.15) is 0 Å². The topological polar surface area (TPSA) is 9.23 Å². The van der Waals surface area contributed by atoms with E-state index >= 15 is 0 Å². The fourth-order valence-corrected chi connectivity index (χ4v) is 2.43. The molecule has 0 atom stereocenters. The number of benzene rings is 1. The first-order valence-corrected chi connectivity index (χ1v) is 5.67. The van der Waals surface area contributed by atoms with Crippen LogP contribution in [0, 0.1) is 13.8 Å². The van der Waals surface area contributed by atoms with E-state index in [2.05, 4.69) is 57.2 Å². The zero-order chi connectivity index (χ0) is 11.6. The van der Waals surface area contributed by atoms with Crippen LogP contribution in [0.3, 0.4) is 0 Å². The predicted molar refractivity (Wildman–Crippen MR) is 65.2 cm³/mol. The van der Waals surface area contributed by atoms with Crippen LogP contribution in [0.15, 0.2) is 12.1 Å². The average Bonchev–Trinajstić information content (AvgIpc) is 2.08. The van der Waals surface area contributed by atoms with Crippen molar-refractivity contribution in [2.45, 2.75) is 46.6 Å². The quantitative estimate of drug-likeness (QED) is 0.694. The summed E-state index contributed by atoms with van der Waals surface area (Å²) in [5.41, 5.74) is 5.58. The molecule has 0 saturated carbocycles. The summed E-state index contributed by atoms with van der Waals surface area (Å²) in [6, 6.07) is 4.31. The van der Waals surface area contributed by atoms with Crippen molar-refractivity contribution in [2.75, 3.05) is 0 Å². The van der Waals surface area contributed by atoms with Gasteiger partial charge in [0.1, 0.15) is 0 Å². The summed E-state index contributed by atoms with van der Waals surface area (Å²) in [5.74, 6) is 0. The van der Waals surface area contributed by atoms with Crippen LogP contribution in [0.1, 0.15) is 43.0 Å². The monoisotopic (exact) mass is 219 g/mol. The maximum absolute atomic E-state index is 5.02. The van der Waals surface area contributed by atoms with Gasteiger partial charge in [0.15, 0.2) is 0 Å². The smallest absolute Gasteiger partial charge is 0.246 e. The van der Waals surface area contributed by atoms with Gasteiger partial charge in [-0.3, -0.25) is 0 Å². The molecule has 0 amide bonds. The Kier molecular flexibility index (Phi) is 3.74. The lowest BCUT2D eigenvalue weighted by Gasteiger charge is -2.26. The van der Waals surface area contributed by atoms with Gasteiger partial charge in [0.25, 0.3) is 0 Å². The van der Waals surface area contributed by atoms with Gasteiger partial charge in [0, 0.05) is 0 Å². The summed E-state index contributed by atoms with van der Waals surface area (Å²) >= 11 is 0. The lowest BCUT2D eigenvalue weighted by Crippen LogP contribution is -2.16. The van der Waals surface area contributed by atoms with Crippen molar-refractivity contribution in [2.24, 2.45) is 0 Å².